The number of carbonyl (C=O) groups excluding carboxylic acids is 1. The van der Waals surface area contributed by atoms with E-state index in [9.17, 15) is 4.79 Å². The molecule has 1 aliphatic carbocycles. The summed E-state index contributed by atoms with van der Waals surface area (Å²) in [5, 5.41) is 0. The van der Waals surface area contributed by atoms with Crippen LogP contribution in [-0.2, 0) is 11.3 Å². The number of benzene rings is 1. The average Bonchev–Trinajstić information content (AvgIpc) is 3.11. The van der Waals surface area contributed by atoms with E-state index in [0.717, 1.165) is 12.8 Å². The smallest absolute Gasteiger partial charge is 0.239 e. The zero-order valence-electron chi connectivity index (χ0n) is 9.90. The van der Waals surface area contributed by atoms with Crippen LogP contribution in [0.25, 0.3) is 0 Å². The van der Waals surface area contributed by atoms with Crippen LogP contribution in [0, 0.1) is 3.57 Å². The Kier molecular flexibility index (Phi) is 4.04. The normalized spacial score (nSPS) is 16.6. The molecule has 17 heavy (non-hydrogen) atoms. The summed E-state index contributed by atoms with van der Waals surface area (Å²) in [5.41, 5.74) is 6.90. The fourth-order valence-electron chi connectivity index (χ4n) is 1.84. The highest BCUT2D eigenvalue weighted by molar-refractivity contribution is 14.1. The highest BCUT2D eigenvalue weighted by Gasteiger charge is 2.33. The van der Waals surface area contributed by atoms with Gasteiger partial charge in [-0.05, 0) is 54.0 Å². The van der Waals surface area contributed by atoms with E-state index < -0.39 is 6.04 Å². The van der Waals surface area contributed by atoms with Gasteiger partial charge in [-0.1, -0.05) is 18.2 Å². The third-order valence-electron chi connectivity index (χ3n) is 2.96. The van der Waals surface area contributed by atoms with E-state index in [-0.39, 0.29) is 5.91 Å². The minimum absolute atomic E-state index is 0.0622. The number of hydrogen-bond acceptors (Lipinski definition) is 2. The fourth-order valence-corrected chi connectivity index (χ4v) is 2.40. The van der Waals surface area contributed by atoms with Crippen molar-refractivity contribution in [1.29, 1.82) is 0 Å². The number of nitrogens with zero attached hydrogens (tertiary/aromatic N) is 1. The van der Waals surface area contributed by atoms with Gasteiger partial charge in [0.1, 0.15) is 0 Å². The van der Waals surface area contributed by atoms with E-state index in [4.69, 9.17) is 5.73 Å². The predicted octanol–water partition coefficient (Wildman–Crippen LogP) is 2.13. The molecule has 0 aromatic heterocycles. The molecule has 1 aromatic rings. The monoisotopic (exact) mass is 344 g/mol. The van der Waals surface area contributed by atoms with Crippen molar-refractivity contribution < 1.29 is 4.79 Å². The molecular formula is C13H17IN2O. The third-order valence-corrected chi connectivity index (χ3v) is 4.01. The largest absolute Gasteiger partial charge is 0.334 e. The van der Waals surface area contributed by atoms with Crippen LogP contribution >= 0.6 is 22.6 Å². The lowest BCUT2D eigenvalue weighted by molar-refractivity contribution is -0.133. The molecule has 1 aromatic carbocycles. The first kappa shape index (κ1) is 12.8. The Morgan fingerprint density at radius 1 is 1.53 bits per heavy atom. The van der Waals surface area contributed by atoms with Crippen molar-refractivity contribution in [2.45, 2.75) is 38.4 Å². The van der Waals surface area contributed by atoms with Crippen LogP contribution in [0.5, 0.6) is 0 Å². The Morgan fingerprint density at radius 2 is 2.18 bits per heavy atom. The molecule has 92 valence electrons. The summed E-state index contributed by atoms with van der Waals surface area (Å²) < 4.78 is 1.20. The van der Waals surface area contributed by atoms with Crippen molar-refractivity contribution in [2.75, 3.05) is 0 Å². The van der Waals surface area contributed by atoms with Gasteiger partial charge in [-0.15, -0.1) is 0 Å². The molecule has 0 aliphatic heterocycles. The molecule has 1 unspecified atom stereocenters. The summed E-state index contributed by atoms with van der Waals surface area (Å²) in [6, 6.07) is 8.17. The summed E-state index contributed by atoms with van der Waals surface area (Å²) in [4.78, 5) is 14.0. The first-order valence-corrected chi connectivity index (χ1v) is 6.97. The van der Waals surface area contributed by atoms with E-state index in [0.29, 0.717) is 12.6 Å². The van der Waals surface area contributed by atoms with Crippen LogP contribution in [0.3, 0.4) is 0 Å². The Balaban J connectivity index is 2.13. The van der Waals surface area contributed by atoms with Crippen LogP contribution in [0.4, 0.5) is 0 Å². The second kappa shape index (κ2) is 5.35. The highest BCUT2D eigenvalue weighted by Crippen LogP contribution is 2.29. The molecule has 2 rings (SSSR count). The molecule has 0 heterocycles. The van der Waals surface area contributed by atoms with Gasteiger partial charge >= 0.3 is 0 Å². The maximum absolute atomic E-state index is 12.0. The van der Waals surface area contributed by atoms with Crippen molar-refractivity contribution in [3.63, 3.8) is 0 Å². The van der Waals surface area contributed by atoms with Gasteiger partial charge in [0.15, 0.2) is 0 Å². The molecular weight excluding hydrogens is 327 g/mol. The molecule has 0 spiro atoms. The van der Waals surface area contributed by atoms with Crippen LogP contribution < -0.4 is 5.73 Å². The summed E-state index contributed by atoms with van der Waals surface area (Å²) in [6.45, 7) is 2.44. The zero-order valence-corrected chi connectivity index (χ0v) is 12.1. The first-order valence-electron chi connectivity index (χ1n) is 5.89. The Bertz CT molecular complexity index is 416. The minimum Gasteiger partial charge on any atom is -0.334 e. The minimum atomic E-state index is -0.406. The van der Waals surface area contributed by atoms with Gasteiger partial charge in [0.25, 0.3) is 0 Å². The van der Waals surface area contributed by atoms with Crippen molar-refractivity contribution >= 4 is 28.5 Å². The number of amides is 1. The Hall–Kier alpha value is -0.620. The lowest BCUT2D eigenvalue weighted by Crippen LogP contribution is -2.43. The number of halogens is 1. The maximum atomic E-state index is 12.0. The summed E-state index contributed by atoms with van der Waals surface area (Å²) in [7, 11) is 0. The second-order valence-corrected chi connectivity index (χ2v) is 5.74. The SMILES string of the molecule is CC(N)C(=O)N(Cc1ccccc1I)C1CC1. The first-order chi connectivity index (χ1) is 8.09. The zero-order chi connectivity index (χ0) is 12.4. The predicted molar refractivity (Wildman–Crippen MR) is 76.4 cm³/mol. The number of hydrogen-bond donors (Lipinski definition) is 1. The Morgan fingerprint density at radius 3 is 2.71 bits per heavy atom. The van der Waals surface area contributed by atoms with Crippen molar-refractivity contribution in [2.24, 2.45) is 5.73 Å². The number of carbonyl (C=O) groups is 1. The molecule has 1 atom stereocenters. The van der Waals surface area contributed by atoms with Crippen LogP contribution in [-0.4, -0.2) is 22.9 Å². The van der Waals surface area contributed by atoms with Gasteiger partial charge in [0.2, 0.25) is 5.91 Å². The van der Waals surface area contributed by atoms with E-state index >= 15 is 0 Å². The molecule has 1 aliphatic rings. The number of rotatable bonds is 4. The summed E-state index contributed by atoms with van der Waals surface area (Å²) >= 11 is 2.31. The summed E-state index contributed by atoms with van der Waals surface area (Å²) in [5.74, 6) is 0.0622. The van der Waals surface area contributed by atoms with Crippen LogP contribution in [0.1, 0.15) is 25.3 Å². The van der Waals surface area contributed by atoms with Crippen molar-refractivity contribution in [3.05, 3.63) is 33.4 Å². The molecule has 0 saturated heterocycles. The molecule has 1 amide bonds. The standard InChI is InChI=1S/C13H17IN2O/c1-9(15)13(17)16(11-6-7-11)8-10-4-2-3-5-12(10)14/h2-5,9,11H,6-8,15H2,1H3. The maximum Gasteiger partial charge on any atom is 0.239 e. The molecule has 4 heteroatoms. The van der Waals surface area contributed by atoms with E-state index in [1.54, 1.807) is 6.92 Å². The highest BCUT2D eigenvalue weighted by atomic mass is 127. The fraction of sp³-hybridized carbons (Fsp3) is 0.462. The third kappa shape index (κ3) is 3.19. The van der Waals surface area contributed by atoms with Gasteiger partial charge in [0.05, 0.1) is 6.04 Å². The second-order valence-electron chi connectivity index (χ2n) is 4.58. The van der Waals surface area contributed by atoms with Crippen molar-refractivity contribution in [1.82, 2.24) is 4.90 Å². The van der Waals surface area contributed by atoms with Crippen LogP contribution in [0.2, 0.25) is 0 Å². The number of nitrogens with two attached hydrogens (primary N) is 1. The molecule has 0 bridgehead atoms. The quantitative estimate of drug-likeness (QED) is 0.851. The summed E-state index contributed by atoms with van der Waals surface area (Å²) in [6.07, 6.45) is 2.23. The van der Waals surface area contributed by atoms with E-state index in [1.165, 1.54) is 9.13 Å². The van der Waals surface area contributed by atoms with Gasteiger partial charge in [-0.3, -0.25) is 4.79 Å². The van der Waals surface area contributed by atoms with E-state index in [2.05, 4.69) is 34.7 Å². The van der Waals surface area contributed by atoms with Gasteiger partial charge in [-0.25, -0.2) is 0 Å². The Labute approximate surface area is 116 Å². The van der Waals surface area contributed by atoms with Gasteiger partial charge < -0.3 is 10.6 Å². The molecule has 1 fully saturated rings. The van der Waals surface area contributed by atoms with E-state index in [1.807, 2.05) is 17.0 Å². The van der Waals surface area contributed by atoms with Crippen molar-refractivity contribution in [3.8, 4) is 0 Å². The average molecular weight is 344 g/mol. The molecule has 3 nitrogen and oxygen atoms in total. The lowest BCUT2D eigenvalue weighted by atomic mass is 10.2. The molecule has 1 saturated carbocycles. The topological polar surface area (TPSA) is 46.3 Å². The van der Waals surface area contributed by atoms with Crippen LogP contribution in [0.15, 0.2) is 24.3 Å². The molecule has 0 radical (unpaired) electrons. The van der Waals surface area contributed by atoms with Gasteiger partial charge in [0, 0.05) is 16.2 Å². The van der Waals surface area contributed by atoms with Gasteiger partial charge in [-0.2, -0.15) is 0 Å². The lowest BCUT2D eigenvalue weighted by Gasteiger charge is -2.24. The molecule has 2 N–H and O–H groups in total.